The van der Waals surface area contributed by atoms with Crippen molar-refractivity contribution < 1.29 is 9.31 Å². The molecule has 11 heteroatoms. The molecule has 2 aromatic carbocycles. The van der Waals surface area contributed by atoms with E-state index in [1.807, 2.05) is 0 Å². The van der Waals surface area contributed by atoms with Gasteiger partial charge in [0.05, 0.1) is 15.9 Å². The number of hydrogen-bond acceptors (Lipinski definition) is 4. The van der Waals surface area contributed by atoms with Gasteiger partial charge >= 0.3 is 0 Å². The molecule has 0 unspecified atom stereocenters. The van der Waals surface area contributed by atoms with E-state index in [9.17, 15) is 14.5 Å². The van der Waals surface area contributed by atoms with Crippen LogP contribution < -0.4 is 10.6 Å². The number of benzene rings is 2. The van der Waals surface area contributed by atoms with E-state index in [4.69, 9.17) is 23.8 Å². The number of non-ortho nitro benzene ring substituents is 1. The Labute approximate surface area is 177 Å². The highest BCUT2D eigenvalue weighted by Crippen LogP contribution is 2.24. The zero-order valence-electron chi connectivity index (χ0n) is 14.0. The SMILES string of the molecule is O=[N+]([O-])c1cccc(NC(=S)Nc2nn(Cc3c(F)cccc3Cl)cc2Br)c1. The Morgan fingerprint density at radius 2 is 2.07 bits per heavy atom. The first kappa shape index (κ1) is 20.2. The first-order chi connectivity index (χ1) is 13.3. The number of nitrogens with one attached hydrogen (secondary N) is 2. The maximum atomic E-state index is 14.0. The van der Waals surface area contributed by atoms with Crippen molar-refractivity contribution in [2.45, 2.75) is 6.54 Å². The summed E-state index contributed by atoms with van der Waals surface area (Å²) < 4.78 is 16.1. The minimum atomic E-state index is -0.492. The molecule has 0 radical (unpaired) electrons. The molecule has 0 saturated heterocycles. The van der Waals surface area contributed by atoms with Crippen LogP contribution in [-0.2, 0) is 6.54 Å². The Hall–Kier alpha value is -2.56. The van der Waals surface area contributed by atoms with Gasteiger partial charge in [-0.15, -0.1) is 0 Å². The molecule has 7 nitrogen and oxygen atoms in total. The number of rotatable bonds is 5. The largest absolute Gasteiger partial charge is 0.332 e. The second-order valence-corrected chi connectivity index (χ2v) is 7.28. The lowest BCUT2D eigenvalue weighted by atomic mass is 10.2. The van der Waals surface area contributed by atoms with Crippen LogP contribution in [0.15, 0.2) is 53.1 Å². The lowest BCUT2D eigenvalue weighted by Gasteiger charge is -2.09. The van der Waals surface area contributed by atoms with E-state index in [1.54, 1.807) is 24.4 Å². The zero-order chi connectivity index (χ0) is 20.3. The van der Waals surface area contributed by atoms with Gasteiger partial charge in [-0.05, 0) is 46.3 Å². The van der Waals surface area contributed by atoms with Crippen molar-refractivity contribution >= 4 is 62.1 Å². The van der Waals surface area contributed by atoms with Gasteiger partial charge in [0, 0.05) is 34.6 Å². The van der Waals surface area contributed by atoms with E-state index in [0.717, 1.165) is 0 Å². The van der Waals surface area contributed by atoms with Crippen molar-refractivity contribution in [1.29, 1.82) is 0 Å². The van der Waals surface area contributed by atoms with E-state index in [0.29, 0.717) is 26.6 Å². The lowest BCUT2D eigenvalue weighted by molar-refractivity contribution is -0.384. The summed E-state index contributed by atoms with van der Waals surface area (Å²) in [4.78, 5) is 10.4. The van der Waals surface area contributed by atoms with Gasteiger partial charge in [0.15, 0.2) is 10.9 Å². The van der Waals surface area contributed by atoms with Crippen LogP contribution in [0.25, 0.3) is 0 Å². The van der Waals surface area contributed by atoms with Crippen molar-refractivity contribution in [1.82, 2.24) is 9.78 Å². The quantitative estimate of drug-likeness (QED) is 0.294. The van der Waals surface area contributed by atoms with Gasteiger partial charge in [-0.1, -0.05) is 23.7 Å². The highest BCUT2D eigenvalue weighted by atomic mass is 79.9. The number of nitro groups is 1. The Bertz CT molecular complexity index is 1040. The molecule has 0 saturated carbocycles. The fourth-order valence-corrected chi connectivity index (χ4v) is 3.23. The van der Waals surface area contributed by atoms with Gasteiger partial charge in [-0.2, -0.15) is 5.10 Å². The predicted octanol–water partition coefficient (Wildman–Crippen LogP) is 5.20. The molecular formula is C17H12BrClFN5O2S. The van der Waals surface area contributed by atoms with Crippen LogP contribution >= 0.6 is 39.7 Å². The third-order valence-corrected chi connectivity index (χ3v) is 4.78. The van der Waals surface area contributed by atoms with E-state index in [1.165, 1.54) is 28.9 Å². The smallest absolute Gasteiger partial charge is 0.271 e. The number of nitrogens with zero attached hydrogens (tertiary/aromatic N) is 3. The van der Waals surface area contributed by atoms with Crippen LogP contribution in [0.2, 0.25) is 5.02 Å². The molecule has 0 atom stereocenters. The number of thiocarbonyl (C=S) groups is 1. The highest BCUT2D eigenvalue weighted by Gasteiger charge is 2.13. The van der Waals surface area contributed by atoms with Crippen molar-refractivity contribution in [3.05, 3.63) is 79.7 Å². The Kier molecular flexibility index (Phi) is 6.22. The molecule has 3 aromatic rings. The molecule has 0 amide bonds. The standard InChI is InChI=1S/C17H12BrClFN5O2S/c18-13-9-24(8-12-14(19)5-2-6-15(12)20)23-16(13)22-17(28)21-10-3-1-4-11(7-10)25(26)27/h1-7,9H,8H2,(H2,21,22,23,28). The monoisotopic (exact) mass is 483 g/mol. The highest BCUT2D eigenvalue weighted by molar-refractivity contribution is 9.10. The van der Waals surface area contributed by atoms with Crippen LogP contribution in [0.5, 0.6) is 0 Å². The number of nitro benzene ring substituents is 1. The average Bonchev–Trinajstić information content (AvgIpc) is 2.97. The first-order valence-corrected chi connectivity index (χ1v) is 9.39. The Morgan fingerprint density at radius 1 is 1.32 bits per heavy atom. The number of halogens is 3. The normalized spacial score (nSPS) is 10.5. The van der Waals surface area contributed by atoms with Gasteiger partial charge in [0.1, 0.15) is 5.82 Å². The van der Waals surface area contributed by atoms with Crippen molar-refractivity contribution in [2.75, 3.05) is 10.6 Å². The summed E-state index contributed by atoms with van der Waals surface area (Å²) in [5.41, 5.74) is 0.725. The van der Waals surface area contributed by atoms with Gasteiger partial charge in [-0.3, -0.25) is 14.8 Å². The summed E-state index contributed by atoms with van der Waals surface area (Å²) in [5, 5.41) is 21.4. The first-order valence-electron chi connectivity index (χ1n) is 7.82. The third-order valence-electron chi connectivity index (χ3n) is 3.65. The van der Waals surface area contributed by atoms with Crippen molar-refractivity contribution in [3.8, 4) is 0 Å². The molecule has 0 spiro atoms. The summed E-state index contributed by atoms with van der Waals surface area (Å²) in [7, 11) is 0. The minimum Gasteiger partial charge on any atom is -0.332 e. The van der Waals surface area contributed by atoms with E-state index in [-0.39, 0.29) is 17.3 Å². The zero-order valence-corrected chi connectivity index (χ0v) is 17.2. The van der Waals surface area contributed by atoms with Gasteiger partial charge in [-0.25, -0.2) is 4.39 Å². The molecular weight excluding hydrogens is 473 g/mol. The molecule has 2 N–H and O–H groups in total. The summed E-state index contributed by atoms with van der Waals surface area (Å²) in [5.74, 6) is -0.0214. The number of anilines is 2. The topological polar surface area (TPSA) is 85.0 Å². The molecule has 0 aliphatic heterocycles. The maximum absolute atomic E-state index is 14.0. The molecule has 1 aromatic heterocycles. The number of aromatic nitrogens is 2. The fraction of sp³-hybridized carbons (Fsp3) is 0.0588. The van der Waals surface area contributed by atoms with Crippen molar-refractivity contribution in [3.63, 3.8) is 0 Å². The van der Waals surface area contributed by atoms with Crippen LogP contribution in [0.1, 0.15) is 5.56 Å². The molecule has 28 heavy (non-hydrogen) atoms. The Morgan fingerprint density at radius 3 is 2.79 bits per heavy atom. The summed E-state index contributed by atoms with van der Waals surface area (Å²) in [6.45, 7) is 0.136. The Balaban J connectivity index is 1.70. The second-order valence-electron chi connectivity index (χ2n) is 5.61. The molecule has 0 fully saturated rings. The van der Waals surface area contributed by atoms with Gasteiger partial charge < -0.3 is 10.6 Å². The average molecular weight is 485 g/mol. The van der Waals surface area contributed by atoms with E-state index < -0.39 is 10.7 Å². The fourth-order valence-electron chi connectivity index (χ4n) is 2.38. The molecule has 144 valence electrons. The second kappa shape index (κ2) is 8.63. The van der Waals surface area contributed by atoms with Crippen LogP contribution in [-0.4, -0.2) is 19.8 Å². The molecule has 3 rings (SSSR count). The third kappa shape index (κ3) is 4.83. The lowest BCUT2D eigenvalue weighted by Crippen LogP contribution is -2.20. The molecule has 0 aliphatic rings. The van der Waals surface area contributed by atoms with Crippen LogP contribution in [0.3, 0.4) is 0 Å². The molecule has 1 heterocycles. The van der Waals surface area contributed by atoms with Gasteiger partial charge in [0.25, 0.3) is 5.69 Å². The number of hydrogen-bond donors (Lipinski definition) is 2. The van der Waals surface area contributed by atoms with Crippen LogP contribution in [0.4, 0.5) is 21.6 Å². The van der Waals surface area contributed by atoms with E-state index >= 15 is 0 Å². The van der Waals surface area contributed by atoms with Crippen LogP contribution in [0, 0.1) is 15.9 Å². The summed E-state index contributed by atoms with van der Waals surface area (Å²) in [6, 6.07) is 10.4. The molecule has 0 bridgehead atoms. The summed E-state index contributed by atoms with van der Waals surface area (Å²) in [6.07, 6.45) is 1.65. The van der Waals surface area contributed by atoms with Crippen molar-refractivity contribution in [2.24, 2.45) is 0 Å². The maximum Gasteiger partial charge on any atom is 0.271 e. The van der Waals surface area contributed by atoms with E-state index in [2.05, 4.69) is 31.7 Å². The minimum absolute atomic E-state index is 0.0555. The van der Waals surface area contributed by atoms with Gasteiger partial charge in [0.2, 0.25) is 0 Å². The summed E-state index contributed by atoms with van der Waals surface area (Å²) >= 11 is 14.6. The molecule has 0 aliphatic carbocycles. The predicted molar refractivity (Wildman–Crippen MR) is 113 cm³/mol.